The Bertz CT molecular complexity index is 924. The molecule has 1 aliphatic carbocycles. The third-order valence-corrected chi connectivity index (χ3v) is 4.78. The second-order valence-corrected chi connectivity index (χ2v) is 6.84. The zero-order chi connectivity index (χ0) is 19.8. The molecule has 0 atom stereocenters. The second kappa shape index (κ2) is 9.52. The lowest BCUT2D eigenvalue weighted by atomic mass is 9.97. The summed E-state index contributed by atoms with van der Waals surface area (Å²) < 4.78 is 0. The van der Waals surface area contributed by atoms with Gasteiger partial charge in [-0.1, -0.05) is 17.7 Å². The monoisotopic (exact) mass is 373 g/mol. The molecule has 2 aromatic rings. The molecule has 142 valence electrons. The minimum atomic E-state index is -0.299. The summed E-state index contributed by atoms with van der Waals surface area (Å²) in [4.78, 5) is 24.8. The first-order valence-corrected chi connectivity index (χ1v) is 9.53. The number of amides is 2. The predicted molar refractivity (Wildman–Crippen MR) is 109 cm³/mol. The van der Waals surface area contributed by atoms with Crippen molar-refractivity contribution in [1.29, 1.82) is 5.26 Å². The summed E-state index contributed by atoms with van der Waals surface area (Å²) >= 11 is 0. The van der Waals surface area contributed by atoms with Crippen molar-refractivity contribution in [2.24, 2.45) is 0 Å². The number of hydrogen-bond donors (Lipinski definition) is 2. The van der Waals surface area contributed by atoms with Gasteiger partial charge in [-0.15, -0.1) is 0 Å². The third-order valence-electron chi connectivity index (χ3n) is 4.78. The summed E-state index contributed by atoms with van der Waals surface area (Å²) in [5.74, 6) is -0.476. The largest absolute Gasteiger partial charge is 0.352 e. The van der Waals surface area contributed by atoms with Crippen LogP contribution in [0.25, 0.3) is 0 Å². The van der Waals surface area contributed by atoms with Crippen LogP contribution in [-0.4, -0.2) is 18.4 Å². The minimum Gasteiger partial charge on any atom is -0.352 e. The predicted octanol–water partition coefficient (Wildman–Crippen LogP) is 4.43. The number of nitriles is 1. The summed E-state index contributed by atoms with van der Waals surface area (Å²) in [6.07, 6.45) is 7.91. The van der Waals surface area contributed by atoms with E-state index in [1.165, 1.54) is 18.4 Å². The van der Waals surface area contributed by atoms with Crippen LogP contribution >= 0.6 is 0 Å². The van der Waals surface area contributed by atoms with Crippen molar-refractivity contribution >= 4 is 17.5 Å². The molecule has 0 heterocycles. The van der Waals surface area contributed by atoms with Crippen LogP contribution in [0.4, 0.5) is 5.69 Å². The molecule has 0 aromatic heterocycles. The van der Waals surface area contributed by atoms with Gasteiger partial charge in [-0.25, -0.2) is 0 Å². The Kier molecular flexibility index (Phi) is 6.59. The average Bonchev–Trinajstić information content (AvgIpc) is 2.75. The smallest absolute Gasteiger partial charge is 0.255 e. The van der Waals surface area contributed by atoms with Crippen LogP contribution < -0.4 is 10.6 Å². The molecular formula is C23H23N3O2. The number of anilines is 1. The maximum Gasteiger partial charge on any atom is 0.255 e. The van der Waals surface area contributed by atoms with Gasteiger partial charge in [-0.3, -0.25) is 9.59 Å². The van der Waals surface area contributed by atoms with Crippen LogP contribution in [0, 0.1) is 11.3 Å². The van der Waals surface area contributed by atoms with Gasteiger partial charge in [0.1, 0.15) is 0 Å². The Morgan fingerprint density at radius 3 is 2.43 bits per heavy atom. The van der Waals surface area contributed by atoms with E-state index in [4.69, 9.17) is 5.26 Å². The fourth-order valence-electron chi connectivity index (χ4n) is 3.20. The quantitative estimate of drug-likeness (QED) is 0.735. The highest BCUT2D eigenvalue weighted by Crippen LogP contribution is 2.19. The van der Waals surface area contributed by atoms with Crippen LogP contribution in [0.15, 0.2) is 60.2 Å². The van der Waals surface area contributed by atoms with Gasteiger partial charge in [-0.05, 0) is 74.6 Å². The van der Waals surface area contributed by atoms with Crippen molar-refractivity contribution < 1.29 is 9.59 Å². The molecule has 2 aromatic carbocycles. The first kappa shape index (κ1) is 19.4. The van der Waals surface area contributed by atoms with Gasteiger partial charge in [0.05, 0.1) is 11.6 Å². The molecule has 0 saturated carbocycles. The summed E-state index contributed by atoms with van der Waals surface area (Å²) in [6.45, 7) is 0.604. The van der Waals surface area contributed by atoms with Gasteiger partial charge >= 0.3 is 0 Å². The summed E-state index contributed by atoms with van der Waals surface area (Å²) in [5.41, 5.74) is 3.42. The molecule has 0 fully saturated rings. The first-order chi connectivity index (χ1) is 13.7. The number of nitrogens with one attached hydrogen (secondary N) is 2. The fourth-order valence-corrected chi connectivity index (χ4v) is 3.20. The second-order valence-electron chi connectivity index (χ2n) is 6.84. The Balaban J connectivity index is 1.57. The van der Waals surface area contributed by atoms with Gasteiger partial charge in [-0.2, -0.15) is 5.26 Å². The van der Waals surface area contributed by atoms with Gasteiger partial charge < -0.3 is 10.6 Å². The molecule has 0 unspecified atom stereocenters. The normalized spacial score (nSPS) is 13.2. The molecule has 0 aliphatic heterocycles. The van der Waals surface area contributed by atoms with E-state index in [0.717, 1.165) is 19.3 Å². The lowest BCUT2D eigenvalue weighted by Gasteiger charge is -2.13. The maximum absolute atomic E-state index is 12.4. The lowest BCUT2D eigenvalue weighted by Crippen LogP contribution is -2.25. The van der Waals surface area contributed by atoms with Crippen LogP contribution in [0.1, 0.15) is 58.4 Å². The molecule has 0 radical (unpaired) electrons. The number of carbonyl (C=O) groups excluding carboxylic acids is 2. The summed E-state index contributed by atoms with van der Waals surface area (Å²) in [7, 11) is 0. The van der Waals surface area contributed by atoms with E-state index in [1.54, 1.807) is 48.5 Å². The molecule has 1 aliphatic rings. The van der Waals surface area contributed by atoms with E-state index in [2.05, 4.69) is 16.7 Å². The Morgan fingerprint density at radius 1 is 1.00 bits per heavy atom. The van der Waals surface area contributed by atoms with E-state index < -0.39 is 0 Å². The van der Waals surface area contributed by atoms with Crippen molar-refractivity contribution in [2.75, 3.05) is 11.9 Å². The highest BCUT2D eigenvalue weighted by atomic mass is 16.2. The Morgan fingerprint density at radius 2 is 1.75 bits per heavy atom. The van der Waals surface area contributed by atoms with E-state index in [-0.39, 0.29) is 11.8 Å². The van der Waals surface area contributed by atoms with Crippen LogP contribution in [-0.2, 0) is 0 Å². The summed E-state index contributed by atoms with van der Waals surface area (Å²) in [5, 5.41) is 14.5. The van der Waals surface area contributed by atoms with Gasteiger partial charge in [0.15, 0.2) is 0 Å². The Hall–Kier alpha value is -3.39. The van der Waals surface area contributed by atoms with Crippen LogP contribution in [0.3, 0.4) is 0 Å². The molecule has 28 heavy (non-hydrogen) atoms. The molecular weight excluding hydrogens is 350 g/mol. The van der Waals surface area contributed by atoms with E-state index in [9.17, 15) is 9.59 Å². The fraction of sp³-hybridized carbons (Fsp3) is 0.261. The van der Waals surface area contributed by atoms with E-state index >= 15 is 0 Å². The Labute approximate surface area is 165 Å². The number of nitrogens with zero attached hydrogens (tertiary/aromatic N) is 1. The summed E-state index contributed by atoms with van der Waals surface area (Å²) in [6, 6.07) is 15.3. The van der Waals surface area contributed by atoms with E-state index in [0.29, 0.717) is 28.9 Å². The lowest BCUT2D eigenvalue weighted by molar-refractivity contribution is 0.0954. The molecule has 0 spiro atoms. The van der Waals surface area contributed by atoms with Gasteiger partial charge in [0.25, 0.3) is 11.8 Å². The van der Waals surface area contributed by atoms with Crippen molar-refractivity contribution in [1.82, 2.24) is 5.32 Å². The van der Waals surface area contributed by atoms with Crippen molar-refractivity contribution in [3.05, 3.63) is 76.9 Å². The van der Waals surface area contributed by atoms with E-state index in [1.807, 2.05) is 6.07 Å². The zero-order valence-electron chi connectivity index (χ0n) is 15.7. The molecule has 5 heteroatoms. The number of allylic oxidation sites excluding steroid dienone is 1. The minimum absolute atomic E-state index is 0.176. The van der Waals surface area contributed by atoms with Crippen molar-refractivity contribution in [2.45, 2.75) is 32.1 Å². The average molecular weight is 373 g/mol. The molecule has 0 bridgehead atoms. The number of hydrogen-bond acceptors (Lipinski definition) is 3. The van der Waals surface area contributed by atoms with Gasteiger partial charge in [0, 0.05) is 23.4 Å². The SMILES string of the molecule is N#Cc1ccc(NC(=O)c2cccc(C(=O)NCCC3=CCCCC3)c2)cc1. The maximum atomic E-state index is 12.4. The highest BCUT2D eigenvalue weighted by Gasteiger charge is 2.11. The first-order valence-electron chi connectivity index (χ1n) is 9.53. The molecule has 2 N–H and O–H groups in total. The molecule has 3 rings (SSSR count). The highest BCUT2D eigenvalue weighted by molar-refractivity contribution is 6.06. The molecule has 2 amide bonds. The number of rotatable bonds is 6. The third kappa shape index (κ3) is 5.31. The van der Waals surface area contributed by atoms with Crippen LogP contribution in [0.2, 0.25) is 0 Å². The van der Waals surface area contributed by atoms with Crippen molar-refractivity contribution in [3.8, 4) is 6.07 Å². The standard InChI is InChI=1S/C23H23N3O2/c24-16-18-9-11-21(12-10-18)26-23(28)20-8-4-7-19(15-20)22(27)25-14-13-17-5-2-1-3-6-17/h4-5,7-12,15H,1-3,6,13-14H2,(H,25,27)(H,26,28). The molecule has 0 saturated heterocycles. The number of benzene rings is 2. The molecule has 5 nitrogen and oxygen atoms in total. The van der Waals surface area contributed by atoms with Crippen molar-refractivity contribution in [3.63, 3.8) is 0 Å². The van der Waals surface area contributed by atoms with Crippen LogP contribution in [0.5, 0.6) is 0 Å². The zero-order valence-corrected chi connectivity index (χ0v) is 15.7. The topological polar surface area (TPSA) is 82.0 Å². The van der Waals surface area contributed by atoms with Gasteiger partial charge in [0.2, 0.25) is 0 Å². The number of carbonyl (C=O) groups is 2.